The number of hydrogen-bond donors (Lipinski definition) is 0. The van der Waals surface area contributed by atoms with Crippen LogP contribution in [0.25, 0.3) is 0 Å². The highest BCUT2D eigenvalue weighted by Gasteiger charge is 2.23. The molecule has 0 saturated heterocycles. The Morgan fingerprint density at radius 3 is 2.79 bits per heavy atom. The van der Waals surface area contributed by atoms with E-state index in [4.69, 9.17) is 4.74 Å². The average Bonchev–Trinajstić information content (AvgIpc) is 2.35. The van der Waals surface area contributed by atoms with Crippen molar-refractivity contribution in [3.8, 4) is 0 Å². The van der Waals surface area contributed by atoms with Gasteiger partial charge in [-0.3, -0.25) is 4.99 Å². The Bertz CT molecular complexity index is 428. The van der Waals surface area contributed by atoms with Gasteiger partial charge in [0, 0.05) is 25.6 Å². The molecule has 1 unspecified atom stereocenters. The van der Waals surface area contributed by atoms with E-state index < -0.39 is 12.5 Å². The Labute approximate surface area is 113 Å². The van der Waals surface area contributed by atoms with E-state index in [0.717, 1.165) is 24.6 Å². The van der Waals surface area contributed by atoms with Crippen LogP contribution >= 0.6 is 0 Å². The van der Waals surface area contributed by atoms with Gasteiger partial charge in [0.2, 0.25) is 0 Å². The van der Waals surface area contributed by atoms with Gasteiger partial charge in [0.15, 0.2) is 6.61 Å². The average molecular weight is 269 g/mol. The second kappa shape index (κ2) is 6.64. The van der Waals surface area contributed by atoms with Crippen LogP contribution in [0.2, 0.25) is 0 Å². The molecule has 1 aliphatic carbocycles. The van der Waals surface area contributed by atoms with E-state index in [9.17, 15) is 8.78 Å². The summed E-state index contributed by atoms with van der Waals surface area (Å²) in [4.78, 5) is 4.08. The number of hydrogen-bond acceptors (Lipinski definition) is 2. The summed E-state index contributed by atoms with van der Waals surface area (Å²) in [6, 6.07) is 0. The highest BCUT2D eigenvalue weighted by Crippen LogP contribution is 2.25. The van der Waals surface area contributed by atoms with Crippen LogP contribution in [0.5, 0.6) is 0 Å². The van der Waals surface area contributed by atoms with Gasteiger partial charge in [-0.25, -0.2) is 8.78 Å². The second-order valence-electron chi connectivity index (χ2n) is 4.93. The van der Waals surface area contributed by atoms with Crippen LogP contribution in [0.15, 0.2) is 40.6 Å². The molecule has 0 saturated carbocycles. The molecule has 2 nitrogen and oxygen atoms in total. The monoisotopic (exact) mass is 269 g/mol. The maximum Gasteiger partial charge on any atom is 0.278 e. The summed E-state index contributed by atoms with van der Waals surface area (Å²) < 4.78 is 30.6. The van der Waals surface area contributed by atoms with E-state index in [0.29, 0.717) is 5.76 Å². The Morgan fingerprint density at radius 2 is 2.21 bits per heavy atom. The van der Waals surface area contributed by atoms with Crippen molar-refractivity contribution in [3.05, 3.63) is 35.6 Å². The van der Waals surface area contributed by atoms with Crippen LogP contribution in [0.1, 0.15) is 27.2 Å². The van der Waals surface area contributed by atoms with Gasteiger partial charge in [-0.1, -0.05) is 11.6 Å². The van der Waals surface area contributed by atoms with Crippen molar-refractivity contribution in [2.24, 2.45) is 10.9 Å². The minimum absolute atomic E-state index is 0.183. The molecule has 0 amide bonds. The summed E-state index contributed by atoms with van der Waals surface area (Å²) in [6.45, 7) is 4.21. The molecule has 0 aliphatic heterocycles. The summed E-state index contributed by atoms with van der Waals surface area (Å²) in [7, 11) is 1.74. The fraction of sp³-hybridized carbons (Fsp3) is 0.533. The zero-order chi connectivity index (χ0) is 14.5. The molecule has 1 aliphatic rings. The zero-order valence-corrected chi connectivity index (χ0v) is 11.9. The molecule has 4 heteroatoms. The standard InChI is InChI=1S/C15H21F2NO/c1-11(8-12(2)18-4)13-6-5-7-14(9-13)19-10-15(3,16)17/h5,7-9,13H,6,10H2,1-4H3/b11-8+,18-12?. The molecule has 0 radical (unpaired) electrons. The fourth-order valence-corrected chi connectivity index (χ4v) is 1.78. The number of rotatable bonds is 5. The molecule has 0 heterocycles. The molecule has 106 valence electrons. The van der Waals surface area contributed by atoms with E-state index in [1.165, 1.54) is 0 Å². The van der Waals surface area contributed by atoms with Gasteiger partial charge >= 0.3 is 0 Å². The first kappa shape index (κ1) is 15.6. The SMILES string of the molecule is CN=C(C)/C=C(\C)C1C=C(OCC(C)(F)F)C=CC1. The lowest BCUT2D eigenvalue weighted by Gasteiger charge is -2.19. The predicted molar refractivity (Wildman–Crippen MR) is 74.7 cm³/mol. The van der Waals surface area contributed by atoms with Crippen molar-refractivity contribution < 1.29 is 13.5 Å². The smallest absolute Gasteiger partial charge is 0.278 e. The summed E-state index contributed by atoms with van der Waals surface area (Å²) in [5.41, 5.74) is 2.10. The molecule has 0 aromatic rings. The molecule has 1 rings (SSSR count). The summed E-state index contributed by atoms with van der Waals surface area (Å²) >= 11 is 0. The van der Waals surface area contributed by atoms with Crippen LogP contribution in [0, 0.1) is 5.92 Å². The number of nitrogens with zero attached hydrogens (tertiary/aromatic N) is 1. The van der Waals surface area contributed by atoms with Crippen molar-refractivity contribution in [3.63, 3.8) is 0 Å². The topological polar surface area (TPSA) is 21.6 Å². The molecule has 0 bridgehead atoms. The van der Waals surface area contributed by atoms with Crippen molar-refractivity contribution in [2.45, 2.75) is 33.1 Å². The van der Waals surface area contributed by atoms with Gasteiger partial charge in [-0.2, -0.15) is 0 Å². The van der Waals surface area contributed by atoms with Crippen LogP contribution in [0.3, 0.4) is 0 Å². The van der Waals surface area contributed by atoms with Crippen molar-refractivity contribution in [2.75, 3.05) is 13.7 Å². The maximum absolute atomic E-state index is 12.7. The molecule has 0 aromatic carbocycles. The van der Waals surface area contributed by atoms with Crippen LogP contribution in [-0.2, 0) is 4.74 Å². The minimum atomic E-state index is -2.81. The van der Waals surface area contributed by atoms with Gasteiger partial charge in [0.25, 0.3) is 5.92 Å². The Balaban J connectivity index is 2.71. The van der Waals surface area contributed by atoms with Crippen molar-refractivity contribution in [1.82, 2.24) is 0 Å². The highest BCUT2D eigenvalue weighted by atomic mass is 19.3. The predicted octanol–water partition coefficient (Wildman–Crippen LogP) is 4.16. The first-order valence-corrected chi connectivity index (χ1v) is 6.32. The third-order valence-corrected chi connectivity index (χ3v) is 2.90. The molecule has 0 N–H and O–H groups in total. The molecular formula is C15H21F2NO. The van der Waals surface area contributed by atoms with Crippen molar-refractivity contribution >= 4 is 5.71 Å². The van der Waals surface area contributed by atoms with Crippen LogP contribution < -0.4 is 0 Å². The third kappa shape index (κ3) is 5.81. The van der Waals surface area contributed by atoms with Gasteiger partial charge in [-0.05, 0) is 38.5 Å². The second-order valence-corrected chi connectivity index (χ2v) is 4.93. The molecule has 0 aromatic heterocycles. The summed E-state index contributed by atoms with van der Waals surface area (Å²) in [5, 5.41) is 0. The molecule has 0 fully saturated rings. The fourth-order valence-electron chi connectivity index (χ4n) is 1.78. The van der Waals surface area contributed by atoms with Crippen LogP contribution in [0.4, 0.5) is 8.78 Å². The highest BCUT2D eigenvalue weighted by molar-refractivity contribution is 5.93. The number of halogens is 2. The van der Waals surface area contributed by atoms with Crippen molar-refractivity contribution in [1.29, 1.82) is 0 Å². The lowest BCUT2D eigenvalue weighted by atomic mass is 9.92. The lowest BCUT2D eigenvalue weighted by molar-refractivity contribution is -0.0420. The molecule has 0 spiro atoms. The Kier molecular flexibility index (Phi) is 5.45. The van der Waals surface area contributed by atoms with Gasteiger partial charge in [0.05, 0.1) is 0 Å². The molecule has 1 atom stereocenters. The number of aliphatic imine (C=N–C) groups is 1. The minimum Gasteiger partial charge on any atom is -0.488 e. The third-order valence-electron chi connectivity index (χ3n) is 2.90. The zero-order valence-electron chi connectivity index (χ0n) is 11.9. The lowest BCUT2D eigenvalue weighted by Crippen LogP contribution is -2.19. The largest absolute Gasteiger partial charge is 0.488 e. The first-order chi connectivity index (χ1) is 8.81. The number of ether oxygens (including phenoxy) is 1. The first-order valence-electron chi connectivity index (χ1n) is 6.32. The van der Waals surface area contributed by atoms with Gasteiger partial charge < -0.3 is 4.74 Å². The number of allylic oxidation sites excluding steroid dienone is 5. The summed E-state index contributed by atoms with van der Waals surface area (Å²) in [5.74, 6) is -2.11. The quantitative estimate of drug-likeness (QED) is 0.687. The van der Waals surface area contributed by atoms with E-state index >= 15 is 0 Å². The normalized spacial score (nSPS) is 21.4. The summed E-state index contributed by atoms with van der Waals surface area (Å²) in [6.07, 6.45) is 8.45. The van der Waals surface area contributed by atoms with Crippen LogP contribution in [-0.4, -0.2) is 25.3 Å². The number of alkyl halides is 2. The molecule has 19 heavy (non-hydrogen) atoms. The Morgan fingerprint density at radius 1 is 1.53 bits per heavy atom. The molecular weight excluding hydrogens is 248 g/mol. The van der Waals surface area contributed by atoms with E-state index in [1.54, 1.807) is 13.1 Å². The van der Waals surface area contributed by atoms with E-state index in [2.05, 4.69) is 4.99 Å². The Hall–Kier alpha value is -1.45. The van der Waals surface area contributed by atoms with E-state index in [1.807, 2.05) is 32.1 Å². The van der Waals surface area contributed by atoms with E-state index in [-0.39, 0.29) is 5.92 Å². The van der Waals surface area contributed by atoms with Gasteiger partial charge in [0.1, 0.15) is 5.76 Å². The maximum atomic E-state index is 12.7. The van der Waals surface area contributed by atoms with Gasteiger partial charge in [-0.15, -0.1) is 0 Å².